The molecule has 0 saturated heterocycles. The summed E-state index contributed by atoms with van der Waals surface area (Å²) in [5.41, 5.74) is 1.90. The van der Waals surface area contributed by atoms with Gasteiger partial charge in [0.15, 0.2) is 0 Å². The molecule has 0 bridgehead atoms. The van der Waals surface area contributed by atoms with Crippen LogP contribution in [0.5, 0.6) is 0 Å². The molecule has 96 valence electrons. The van der Waals surface area contributed by atoms with Crippen molar-refractivity contribution >= 4 is 5.91 Å². The number of nitrogens with one attached hydrogen (secondary N) is 1. The highest BCUT2D eigenvalue weighted by Crippen LogP contribution is 2.19. The third kappa shape index (κ3) is 6.10. The van der Waals surface area contributed by atoms with Crippen LogP contribution in [0.3, 0.4) is 0 Å². The molecule has 0 aromatic heterocycles. The summed E-state index contributed by atoms with van der Waals surface area (Å²) in [6.45, 7) is 9.99. The molecule has 2 rings (SSSR count). The van der Waals surface area contributed by atoms with Gasteiger partial charge in [-0.1, -0.05) is 45.4 Å². The van der Waals surface area contributed by atoms with E-state index >= 15 is 0 Å². The second-order valence-corrected chi connectivity index (χ2v) is 3.62. The number of carbonyl (C=O) groups excluding carboxylic acids is 1. The molecular formula is C15H25NO. The van der Waals surface area contributed by atoms with Gasteiger partial charge in [-0.3, -0.25) is 4.79 Å². The van der Waals surface area contributed by atoms with E-state index in [1.54, 1.807) is 0 Å². The first-order chi connectivity index (χ1) is 8.25. The van der Waals surface area contributed by atoms with E-state index in [-0.39, 0.29) is 5.91 Å². The maximum Gasteiger partial charge on any atom is 0.251 e. The van der Waals surface area contributed by atoms with E-state index in [2.05, 4.69) is 5.32 Å². The third-order valence-electron chi connectivity index (χ3n) is 2.19. The van der Waals surface area contributed by atoms with Crippen molar-refractivity contribution in [2.24, 2.45) is 0 Å². The lowest BCUT2D eigenvalue weighted by atomic mass is 10.1. The first-order valence-corrected chi connectivity index (χ1v) is 6.63. The Morgan fingerprint density at radius 1 is 1.18 bits per heavy atom. The van der Waals surface area contributed by atoms with Gasteiger partial charge < -0.3 is 5.32 Å². The first-order valence-electron chi connectivity index (χ1n) is 6.63. The third-order valence-corrected chi connectivity index (χ3v) is 2.19. The lowest BCUT2D eigenvalue weighted by molar-refractivity contribution is 0.0951. The molecule has 1 N–H and O–H groups in total. The monoisotopic (exact) mass is 235 g/mol. The van der Waals surface area contributed by atoms with Gasteiger partial charge in [0, 0.05) is 11.6 Å². The van der Waals surface area contributed by atoms with Crippen molar-refractivity contribution in [3.63, 3.8) is 0 Å². The van der Waals surface area contributed by atoms with Crippen molar-refractivity contribution in [3.05, 3.63) is 35.4 Å². The molecule has 0 spiro atoms. The molecule has 0 atom stereocenters. The van der Waals surface area contributed by atoms with Crippen LogP contribution in [0.2, 0.25) is 0 Å². The standard InChI is InChI=1S/C11H13NO.2C2H6/c1-8-3-2-4-9(7-8)11(13)12-10-5-6-10;2*1-2/h2-4,7,10H,5-6H2,1H3,(H,12,13);2*1-2H3. The summed E-state index contributed by atoms with van der Waals surface area (Å²) in [6, 6.07) is 8.11. The lowest BCUT2D eigenvalue weighted by Crippen LogP contribution is -2.25. The number of hydrogen-bond acceptors (Lipinski definition) is 1. The average molecular weight is 235 g/mol. The van der Waals surface area contributed by atoms with Crippen LogP contribution >= 0.6 is 0 Å². The van der Waals surface area contributed by atoms with Crippen LogP contribution in [0.25, 0.3) is 0 Å². The minimum absolute atomic E-state index is 0.0613. The van der Waals surface area contributed by atoms with Crippen molar-refractivity contribution in [1.29, 1.82) is 0 Å². The largest absolute Gasteiger partial charge is 0.349 e. The molecule has 1 aliphatic carbocycles. The van der Waals surface area contributed by atoms with Gasteiger partial charge >= 0.3 is 0 Å². The Hall–Kier alpha value is -1.31. The highest BCUT2D eigenvalue weighted by atomic mass is 16.1. The van der Waals surface area contributed by atoms with Crippen molar-refractivity contribution < 1.29 is 4.79 Å². The van der Waals surface area contributed by atoms with Crippen molar-refractivity contribution in [2.75, 3.05) is 0 Å². The maximum absolute atomic E-state index is 11.5. The second-order valence-electron chi connectivity index (χ2n) is 3.62. The van der Waals surface area contributed by atoms with Crippen molar-refractivity contribution in [1.82, 2.24) is 5.32 Å². The smallest absolute Gasteiger partial charge is 0.251 e. The summed E-state index contributed by atoms with van der Waals surface area (Å²) in [7, 11) is 0. The summed E-state index contributed by atoms with van der Waals surface area (Å²) < 4.78 is 0. The van der Waals surface area contributed by atoms with Crippen molar-refractivity contribution in [3.8, 4) is 0 Å². The quantitative estimate of drug-likeness (QED) is 0.826. The fraction of sp³-hybridized carbons (Fsp3) is 0.533. The van der Waals surface area contributed by atoms with Crippen LogP contribution in [-0.2, 0) is 0 Å². The lowest BCUT2D eigenvalue weighted by Gasteiger charge is -2.03. The summed E-state index contributed by atoms with van der Waals surface area (Å²) in [5.74, 6) is 0.0613. The molecule has 0 heterocycles. The Balaban J connectivity index is 0.000000581. The van der Waals surface area contributed by atoms with Gasteiger partial charge in [-0.15, -0.1) is 0 Å². The fourth-order valence-electron chi connectivity index (χ4n) is 1.28. The molecule has 1 amide bonds. The highest BCUT2D eigenvalue weighted by Gasteiger charge is 2.23. The Morgan fingerprint density at radius 3 is 2.24 bits per heavy atom. The molecule has 1 saturated carbocycles. The van der Waals surface area contributed by atoms with E-state index in [0.29, 0.717) is 6.04 Å². The number of rotatable bonds is 2. The molecule has 0 unspecified atom stereocenters. The van der Waals surface area contributed by atoms with Gasteiger partial charge in [0.05, 0.1) is 0 Å². The number of amides is 1. The molecular weight excluding hydrogens is 210 g/mol. The van der Waals surface area contributed by atoms with Crippen LogP contribution in [0.4, 0.5) is 0 Å². The minimum Gasteiger partial charge on any atom is -0.349 e. The van der Waals surface area contributed by atoms with E-state index in [9.17, 15) is 4.79 Å². The van der Waals surface area contributed by atoms with Gasteiger partial charge in [0.1, 0.15) is 0 Å². The second kappa shape index (κ2) is 8.80. The topological polar surface area (TPSA) is 29.1 Å². The van der Waals surface area contributed by atoms with Crippen LogP contribution in [0.15, 0.2) is 24.3 Å². The molecule has 2 heteroatoms. The zero-order valence-corrected chi connectivity index (χ0v) is 11.7. The van der Waals surface area contributed by atoms with Gasteiger partial charge in [-0.05, 0) is 31.9 Å². The molecule has 1 aromatic carbocycles. The molecule has 17 heavy (non-hydrogen) atoms. The van der Waals surface area contributed by atoms with E-state index < -0.39 is 0 Å². The summed E-state index contributed by atoms with van der Waals surface area (Å²) in [6.07, 6.45) is 2.27. The van der Waals surface area contributed by atoms with Crippen LogP contribution < -0.4 is 5.32 Å². The Kier molecular flexibility index (Phi) is 8.12. The number of benzene rings is 1. The first kappa shape index (κ1) is 15.7. The molecule has 1 aromatic rings. The highest BCUT2D eigenvalue weighted by molar-refractivity contribution is 5.94. The predicted molar refractivity (Wildman–Crippen MR) is 74.4 cm³/mol. The SMILES string of the molecule is CC.CC.Cc1cccc(C(=O)NC2CC2)c1. The van der Waals surface area contributed by atoms with Crippen LogP contribution in [0, 0.1) is 6.92 Å². The predicted octanol–water partition coefficient (Wildman–Crippen LogP) is 3.94. The molecule has 1 aliphatic rings. The average Bonchev–Trinajstić information content (AvgIpc) is 3.18. The van der Waals surface area contributed by atoms with Gasteiger partial charge in [-0.25, -0.2) is 0 Å². The Bertz CT molecular complexity index is 329. The van der Waals surface area contributed by atoms with Gasteiger partial charge in [0.25, 0.3) is 5.91 Å². The zero-order valence-electron chi connectivity index (χ0n) is 11.7. The van der Waals surface area contributed by atoms with E-state index in [0.717, 1.165) is 24.0 Å². The number of aryl methyl sites for hydroxylation is 1. The van der Waals surface area contributed by atoms with Crippen molar-refractivity contribution in [2.45, 2.75) is 53.5 Å². The summed E-state index contributed by atoms with van der Waals surface area (Å²) in [5, 5.41) is 2.96. The van der Waals surface area contributed by atoms with Gasteiger partial charge in [0.2, 0.25) is 0 Å². The van der Waals surface area contributed by atoms with Gasteiger partial charge in [-0.2, -0.15) is 0 Å². The van der Waals surface area contributed by atoms with E-state index in [1.807, 2.05) is 58.9 Å². The molecule has 1 fully saturated rings. The molecule has 2 nitrogen and oxygen atoms in total. The molecule has 0 aliphatic heterocycles. The fourth-order valence-corrected chi connectivity index (χ4v) is 1.28. The normalized spacial score (nSPS) is 12.5. The Morgan fingerprint density at radius 2 is 1.76 bits per heavy atom. The minimum atomic E-state index is 0.0613. The summed E-state index contributed by atoms with van der Waals surface area (Å²) >= 11 is 0. The Labute approximate surface area is 105 Å². The maximum atomic E-state index is 11.5. The van der Waals surface area contributed by atoms with E-state index in [4.69, 9.17) is 0 Å². The number of hydrogen-bond donors (Lipinski definition) is 1. The van der Waals surface area contributed by atoms with Crippen LogP contribution in [-0.4, -0.2) is 11.9 Å². The molecule has 0 radical (unpaired) electrons. The van der Waals surface area contributed by atoms with Crippen LogP contribution in [0.1, 0.15) is 56.5 Å². The zero-order chi connectivity index (χ0) is 13.3. The summed E-state index contributed by atoms with van der Waals surface area (Å²) in [4.78, 5) is 11.5. The number of carbonyl (C=O) groups is 1. The van der Waals surface area contributed by atoms with E-state index in [1.165, 1.54) is 0 Å².